The van der Waals surface area contributed by atoms with E-state index in [1.807, 2.05) is 12.1 Å². The number of aromatic nitrogens is 2. The van der Waals surface area contributed by atoms with Crippen molar-refractivity contribution in [1.29, 1.82) is 0 Å². The van der Waals surface area contributed by atoms with Gasteiger partial charge in [0.15, 0.2) is 0 Å². The molecule has 31 heavy (non-hydrogen) atoms. The van der Waals surface area contributed by atoms with Crippen molar-refractivity contribution in [2.75, 3.05) is 6.54 Å². The minimum absolute atomic E-state index is 0.0800. The maximum atomic E-state index is 12.8. The van der Waals surface area contributed by atoms with Gasteiger partial charge >= 0.3 is 5.97 Å². The first-order valence-electron chi connectivity index (χ1n) is 10.8. The smallest absolute Gasteiger partial charge is 0.303 e. The van der Waals surface area contributed by atoms with Crippen LogP contribution in [0.3, 0.4) is 0 Å². The molecule has 1 amide bonds. The summed E-state index contributed by atoms with van der Waals surface area (Å²) in [5.41, 5.74) is 1.11. The summed E-state index contributed by atoms with van der Waals surface area (Å²) in [5, 5.41) is 12.1. The molecule has 0 fully saturated rings. The molecule has 2 N–H and O–H groups in total. The number of aryl methyl sites for hydroxylation is 1. The van der Waals surface area contributed by atoms with Gasteiger partial charge in [0.1, 0.15) is 12.4 Å². The summed E-state index contributed by atoms with van der Waals surface area (Å²) in [6.07, 6.45) is 5.72. The minimum Gasteiger partial charge on any atom is -0.481 e. The lowest BCUT2D eigenvalue weighted by molar-refractivity contribution is -0.137. The number of benzene rings is 1. The van der Waals surface area contributed by atoms with E-state index in [1.165, 1.54) is 10.6 Å². The van der Waals surface area contributed by atoms with Crippen LogP contribution in [-0.4, -0.2) is 33.1 Å². The number of aliphatic carboxylic acids is 1. The van der Waals surface area contributed by atoms with Crippen molar-refractivity contribution in [2.45, 2.75) is 64.8 Å². The van der Waals surface area contributed by atoms with E-state index in [4.69, 9.17) is 16.7 Å². The van der Waals surface area contributed by atoms with Crippen LogP contribution >= 0.6 is 11.6 Å². The Kier molecular flexibility index (Phi) is 10.2. The first-order chi connectivity index (χ1) is 14.9. The molecule has 0 aliphatic carbocycles. The number of rotatable bonds is 13. The van der Waals surface area contributed by atoms with E-state index in [0.717, 1.165) is 31.2 Å². The third-order valence-electron chi connectivity index (χ3n) is 4.92. The maximum Gasteiger partial charge on any atom is 0.303 e. The molecule has 0 aliphatic heterocycles. The lowest BCUT2D eigenvalue weighted by Gasteiger charge is -2.14. The standard InChI is InChI=1S/C23H30ClN3O4/c1-2-3-5-8-20-26-19(17-10-12-18(24)13-11-17)15-22(29)27(20)16-21(28)25-14-7-4-6-9-23(30)31/h10-13,15H,2-9,14,16H2,1H3,(H,25,28)(H,30,31). The van der Waals surface area contributed by atoms with Gasteiger partial charge in [-0.3, -0.25) is 19.0 Å². The number of halogens is 1. The average Bonchev–Trinajstić information content (AvgIpc) is 2.73. The lowest BCUT2D eigenvalue weighted by atomic mass is 10.1. The summed E-state index contributed by atoms with van der Waals surface area (Å²) in [4.78, 5) is 40.4. The molecule has 168 valence electrons. The average molecular weight is 448 g/mol. The van der Waals surface area contributed by atoms with Gasteiger partial charge in [-0.1, -0.05) is 49.9 Å². The number of unbranched alkanes of at least 4 members (excludes halogenated alkanes) is 4. The van der Waals surface area contributed by atoms with Gasteiger partial charge in [-0.2, -0.15) is 0 Å². The van der Waals surface area contributed by atoms with Gasteiger partial charge in [-0.15, -0.1) is 0 Å². The van der Waals surface area contributed by atoms with Crippen LogP contribution in [-0.2, 0) is 22.6 Å². The van der Waals surface area contributed by atoms with Crippen molar-refractivity contribution in [3.63, 3.8) is 0 Å². The van der Waals surface area contributed by atoms with E-state index >= 15 is 0 Å². The largest absolute Gasteiger partial charge is 0.481 e. The van der Waals surface area contributed by atoms with Crippen LogP contribution in [0.2, 0.25) is 5.02 Å². The van der Waals surface area contributed by atoms with Crippen LogP contribution in [0.5, 0.6) is 0 Å². The van der Waals surface area contributed by atoms with E-state index in [9.17, 15) is 14.4 Å². The van der Waals surface area contributed by atoms with E-state index in [2.05, 4.69) is 17.2 Å². The summed E-state index contributed by atoms with van der Waals surface area (Å²) in [5.74, 6) is -0.464. The van der Waals surface area contributed by atoms with Crippen LogP contribution in [0.15, 0.2) is 35.1 Å². The summed E-state index contributed by atoms with van der Waals surface area (Å²) in [7, 11) is 0. The number of nitrogens with zero attached hydrogens (tertiary/aromatic N) is 2. The Morgan fingerprint density at radius 1 is 1.10 bits per heavy atom. The number of carbonyl (C=O) groups excluding carboxylic acids is 1. The van der Waals surface area contributed by atoms with Gasteiger partial charge in [-0.05, 0) is 31.4 Å². The molecule has 0 saturated carbocycles. The molecule has 2 aromatic rings. The number of carbonyl (C=O) groups is 2. The van der Waals surface area contributed by atoms with E-state index in [0.29, 0.717) is 42.3 Å². The van der Waals surface area contributed by atoms with Crippen molar-refractivity contribution in [3.05, 3.63) is 51.5 Å². The zero-order chi connectivity index (χ0) is 22.6. The normalized spacial score (nSPS) is 10.8. The SMILES string of the molecule is CCCCCc1nc(-c2ccc(Cl)cc2)cc(=O)n1CC(=O)NCCCCCC(=O)O. The fourth-order valence-corrected chi connectivity index (χ4v) is 3.35. The molecule has 8 heteroatoms. The summed E-state index contributed by atoms with van der Waals surface area (Å²) in [6, 6.07) is 8.60. The van der Waals surface area contributed by atoms with Gasteiger partial charge in [0.05, 0.1) is 5.69 Å². The van der Waals surface area contributed by atoms with Crippen molar-refractivity contribution in [2.24, 2.45) is 0 Å². The van der Waals surface area contributed by atoms with E-state index < -0.39 is 5.97 Å². The van der Waals surface area contributed by atoms with Crippen LogP contribution < -0.4 is 10.9 Å². The van der Waals surface area contributed by atoms with Crippen LogP contribution in [0.4, 0.5) is 0 Å². The van der Waals surface area contributed by atoms with E-state index in [-0.39, 0.29) is 24.4 Å². The molecule has 1 aromatic carbocycles. The van der Waals surface area contributed by atoms with Crippen molar-refractivity contribution < 1.29 is 14.7 Å². The number of hydrogen-bond acceptors (Lipinski definition) is 4. The maximum absolute atomic E-state index is 12.8. The van der Waals surface area contributed by atoms with Crippen LogP contribution in [0.1, 0.15) is 57.7 Å². The summed E-state index contributed by atoms with van der Waals surface area (Å²) in [6.45, 7) is 2.48. The molecule has 0 saturated heterocycles. The second-order valence-corrected chi connectivity index (χ2v) is 7.94. The molecule has 0 bridgehead atoms. The Hall–Kier alpha value is -2.67. The molecule has 0 spiro atoms. The topological polar surface area (TPSA) is 101 Å². The highest BCUT2D eigenvalue weighted by Crippen LogP contribution is 2.19. The molecule has 1 heterocycles. The van der Waals surface area contributed by atoms with Gasteiger partial charge < -0.3 is 10.4 Å². The van der Waals surface area contributed by atoms with Crippen LogP contribution in [0.25, 0.3) is 11.3 Å². The number of nitrogens with one attached hydrogen (secondary N) is 1. The minimum atomic E-state index is -0.812. The third kappa shape index (κ3) is 8.53. The van der Waals surface area contributed by atoms with Crippen LogP contribution in [0, 0.1) is 0 Å². The third-order valence-corrected chi connectivity index (χ3v) is 5.17. The highest BCUT2D eigenvalue weighted by Gasteiger charge is 2.13. The lowest BCUT2D eigenvalue weighted by Crippen LogP contribution is -2.35. The Bertz CT molecular complexity index is 925. The molecule has 0 aliphatic rings. The Labute approximate surface area is 187 Å². The van der Waals surface area contributed by atoms with E-state index in [1.54, 1.807) is 12.1 Å². The zero-order valence-corrected chi connectivity index (χ0v) is 18.7. The van der Waals surface area contributed by atoms with Crippen molar-refractivity contribution in [3.8, 4) is 11.3 Å². The Balaban J connectivity index is 2.08. The van der Waals surface area contributed by atoms with Gasteiger partial charge in [0.25, 0.3) is 5.56 Å². The Morgan fingerprint density at radius 2 is 1.84 bits per heavy atom. The molecule has 2 rings (SSSR count). The fourth-order valence-electron chi connectivity index (χ4n) is 3.22. The number of carboxylic acid groups (broad SMARTS) is 1. The predicted molar refractivity (Wildman–Crippen MR) is 121 cm³/mol. The van der Waals surface area contributed by atoms with Gasteiger partial charge in [-0.25, -0.2) is 4.98 Å². The highest BCUT2D eigenvalue weighted by molar-refractivity contribution is 6.30. The zero-order valence-electron chi connectivity index (χ0n) is 17.9. The highest BCUT2D eigenvalue weighted by atomic mass is 35.5. The quantitative estimate of drug-likeness (QED) is 0.451. The first kappa shape index (κ1) is 24.6. The molecule has 0 unspecified atom stereocenters. The fraction of sp³-hybridized carbons (Fsp3) is 0.478. The molecule has 1 aromatic heterocycles. The molecular weight excluding hydrogens is 418 g/mol. The first-order valence-corrected chi connectivity index (χ1v) is 11.1. The molecule has 0 radical (unpaired) electrons. The number of hydrogen-bond donors (Lipinski definition) is 2. The van der Waals surface area contributed by atoms with Crippen molar-refractivity contribution in [1.82, 2.24) is 14.9 Å². The summed E-state index contributed by atoms with van der Waals surface area (Å²) < 4.78 is 1.44. The second-order valence-electron chi connectivity index (χ2n) is 7.50. The molecule has 0 atom stereocenters. The molecule has 7 nitrogen and oxygen atoms in total. The Morgan fingerprint density at radius 3 is 2.52 bits per heavy atom. The van der Waals surface area contributed by atoms with Gasteiger partial charge in [0, 0.05) is 36.0 Å². The monoisotopic (exact) mass is 447 g/mol. The van der Waals surface area contributed by atoms with Crippen molar-refractivity contribution >= 4 is 23.5 Å². The molecular formula is C23H30ClN3O4. The number of carboxylic acids is 1. The number of amides is 1. The predicted octanol–water partition coefficient (Wildman–Crippen LogP) is 4.06. The summed E-state index contributed by atoms with van der Waals surface area (Å²) >= 11 is 5.96. The van der Waals surface area contributed by atoms with Gasteiger partial charge in [0.2, 0.25) is 5.91 Å². The second kappa shape index (κ2) is 12.9.